The van der Waals surface area contributed by atoms with E-state index < -0.39 is 4.33 Å². The summed E-state index contributed by atoms with van der Waals surface area (Å²) in [6, 6.07) is 0. The van der Waals surface area contributed by atoms with Gasteiger partial charge in [0.05, 0.1) is 0 Å². The Balaban J connectivity index is 2.64. The van der Waals surface area contributed by atoms with E-state index in [1.54, 1.807) is 6.92 Å². The zero-order valence-electron chi connectivity index (χ0n) is 5.14. The van der Waals surface area contributed by atoms with Crippen LogP contribution in [0.1, 0.15) is 6.92 Å². The van der Waals surface area contributed by atoms with E-state index in [4.69, 9.17) is 23.2 Å². The molecule has 0 atom stereocenters. The molecule has 0 nitrogen and oxygen atoms in total. The second-order valence-corrected chi connectivity index (χ2v) is 4.02. The molecular formula is C7H8Cl2. The van der Waals surface area contributed by atoms with E-state index in [0.29, 0.717) is 0 Å². The van der Waals surface area contributed by atoms with Crippen molar-refractivity contribution >= 4 is 23.2 Å². The summed E-state index contributed by atoms with van der Waals surface area (Å²) in [5.41, 5.74) is 0. The molecule has 50 valence electrons. The van der Waals surface area contributed by atoms with E-state index in [1.807, 2.05) is 24.3 Å². The van der Waals surface area contributed by atoms with E-state index in [0.717, 1.165) is 0 Å². The van der Waals surface area contributed by atoms with Gasteiger partial charge in [-0.3, -0.25) is 0 Å². The molecule has 0 N–H and O–H groups in total. The lowest BCUT2D eigenvalue weighted by Gasteiger charge is -2.17. The fraction of sp³-hybridized carbons (Fsp3) is 0.429. The molecule has 0 bridgehead atoms. The van der Waals surface area contributed by atoms with Gasteiger partial charge in [-0.2, -0.15) is 0 Å². The standard InChI is InChI=1S/C7H8Cl2/c1-7(8,9)6-4-2-3-5-6/h2-6H,1H3. The predicted molar refractivity (Wildman–Crippen MR) is 41.9 cm³/mol. The molecule has 0 saturated heterocycles. The van der Waals surface area contributed by atoms with Gasteiger partial charge >= 0.3 is 0 Å². The monoisotopic (exact) mass is 162 g/mol. The molecule has 0 spiro atoms. The molecule has 9 heavy (non-hydrogen) atoms. The first kappa shape index (κ1) is 7.17. The van der Waals surface area contributed by atoms with Gasteiger partial charge in [-0.05, 0) is 6.92 Å². The Morgan fingerprint density at radius 1 is 1.22 bits per heavy atom. The van der Waals surface area contributed by atoms with Gasteiger partial charge in [0, 0.05) is 5.92 Å². The lowest BCUT2D eigenvalue weighted by molar-refractivity contribution is 0.728. The lowest BCUT2D eigenvalue weighted by Crippen LogP contribution is -2.15. The van der Waals surface area contributed by atoms with Gasteiger partial charge in [0.2, 0.25) is 0 Å². The van der Waals surface area contributed by atoms with Crippen molar-refractivity contribution in [3.05, 3.63) is 24.3 Å². The normalized spacial score (nSPS) is 19.4. The molecule has 0 radical (unpaired) electrons. The van der Waals surface area contributed by atoms with E-state index in [1.165, 1.54) is 0 Å². The van der Waals surface area contributed by atoms with Crippen molar-refractivity contribution in [3.8, 4) is 0 Å². The van der Waals surface area contributed by atoms with Gasteiger partial charge in [-0.15, -0.1) is 23.2 Å². The molecule has 0 heterocycles. The summed E-state index contributed by atoms with van der Waals surface area (Å²) in [6.07, 6.45) is 7.88. The Bertz CT molecular complexity index is 139. The average Bonchev–Trinajstić information content (AvgIpc) is 2.08. The number of allylic oxidation sites excluding steroid dienone is 4. The van der Waals surface area contributed by atoms with Crippen LogP contribution in [-0.4, -0.2) is 4.33 Å². The number of halogens is 2. The van der Waals surface area contributed by atoms with E-state index in [2.05, 4.69) is 0 Å². The van der Waals surface area contributed by atoms with Gasteiger partial charge in [0.1, 0.15) is 4.33 Å². The summed E-state index contributed by atoms with van der Waals surface area (Å²) >= 11 is 11.6. The van der Waals surface area contributed by atoms with Crippen LogP contribution in [0.5, 0.6) is 0 Å². The van der Waals surface area contributed by atoms with Crippen LogP contribution in [0, 0.1) is 5.92 Å². The van der Waals surface area contributed by atoms with Crippen LogP contribution in [0.15, 0.2) is 24.3 Å². The van der Waals surface area contributed by atoms with Crippen LogP contribution in [0.25, 0.3) is 0 Å². The second kappa shape index (κ2) is 2.36. The highest BCUT2D eigenvalue weighted by atomic mass is 35.5. The van der Waals surface area contributed by atoms with E-state index >= 15 is 0 Å². The summed E-state index contributed by atoms with van der Waals surface area (Å²) in [6.45, 7) is 1.79. The molecule has 0 unspecified atom stereocenters. The molecule has 0 fully saturated rings. The highest BCUT2D eigenvalue weighted by Crippen LogP contribution is 2.33. The van der Waals surface area contributed by atoms with Crippen molar-refractivity contribution in [2.24, 2.45) is 5.92 Å². The van der Waals surface area contributed by atoms with Gasteiger partial charge in [-0.25, -0.2) is 0 Å². The maximum atomic E-state index is 5.80. The smallest absolute Gasteiger partial charge is 0.101 e. The Morgan fingerprint density at radius 2 is 1.67 bits per heavy atom. The quantitative estimate of drug-likeness (QED) is 0.521. The number of hydrogen-bond acceptors (Lipinski definition) is 0. The van der Waals surface area contributed by atoms with Crippen LogP contribution in [0.4, 0.5) is 0 Å². The minimum absolute atomic E-state index is 0.181. The molecule has 0 amide bonds. The summed E-state index contributed by atoms with van der Waals surface area (Å²) in [7, 11) is 0. The average molecular weight is 163 g/mol. The van der Waals surface area contributed by atoms with Crippen LogP contribution in [-0.2, 0) is 0 Å². The van der Waals surface area contributed by atoms with Crippen LogP contribution in [0.2, 0.25) is 0 Å². The Kier molecular flexibility index (Phi) is 1.88. The van der Waals surface area contributed by atoms with E-state index in [9.17, 15) is 0 Å². The first-order valence-corrected chi connectivity index (χ1v) is 3.59. The van der Waals surface area contributed by atoms with Gasteiger partial charge < -0.3 is 0 Å². The molecule has 2 heteroatoms. The summed E-state index contributed by atoms with van der Waals surface area (Å²) in [4.78, 5) is 0. The van der Waals surface area contributed by atoms with Crippen molar-refractivity contribution in [2.45, 2.75) is 11.3 Å². The number of rotatable bonds is 1. The van der Waals surface area contributed by atoms with E-state index in [-0.39, 0.29) is 5.92 Å². The Labute approximate surface area is 65.2 Å². The minimum Gasteiger partial charge on any atom is -0.101 e. The SMILES string of the molecule is CC(Cl)(Cl)C1C=CC=C1. The largest absolute Gasteiger partial charge is 0.125 e. The lowest BCUT2D eigenvalue weighted by atomic mass is 10.1. The Morgan fingerprint density at radius 3 is 1.89 bits per heavy atom. The van der Waals surface area contributed by atoms with Crippen LogP contribution >= 0.6 is 23.2 Å². The molecular weight excluding hydrogens is 155 g/mol. The maximum Gasteiger partial charge on any atom is 0.125 e. The van der Waals surface area contributed by atoms with Crippen LogP contribution in [0.3, 0.4) is 0 Å². The minimum atomic E-state index is -0.649. The zero-order valence-corrected chi connectivity index (χ0v) is 6.65. The third-order valence-corrected chi connectivity index (χ3v) is 1.84. The van der Waals surface area contributed by atoms with Crippen molar-refractivity contribution in [3.63, 3.8) is 0 Å². The third kappa shape index (κ3) is 1.74. The number of alkyl halides is 2. The molecule has 0 aliphatic heterocycles. The highest BCUT2D eigenvalue weighted by Gasteiger charge is 2.25. The molecule has 1 rings (SSSR count). The first-order chi connectivity index (χ1) is 4.11. The van der Waals surface area contributed by atoms with Crippen molar-refractivity contribution in [1.82, 2.24) is 0 Å². The van der Waals surface area contributed by atoms with Gasteiger partial charge in [-0.1, -0.05) is 24.3 Å². The Hall–Kier alpha value is 0.0600. The molecule has 1 aliphatic rings. The summed E-state index contributed by atoms with van der Waals surface area (Å²) in [5.74, 6) is 0.181. The fourth-order valence-corrected chi connectivity index (χ4v) is 1.06. The zero-order chi connectivity index (χ0) is 6.91. The maximum absolute atomic E-state index is 5.80. The molecule has 1 aliphatic carbocycles. The molecule has 0 aromatic heterocycles. The van der Waals surface area contributed by atoms with Crippen molar-refractivity contribution in [1.29, 1.82) is 0 Å². The summed E-state index contributed by atoms with van der Waals surface area (Å²) < 4.78 is -0.649. The van der Waals surface area contributed by atoms with Crippen molar-refractivity contribution < 1.29 is 0 Å². The summed E-state index contributed by atoms with van der Waals surface area (Å²) in [5, 5.41) is 0. The number of hydrogen-bond donors (Lipinski definition) is 0. The van der Waals surface area contributed by atoms with Crippen molar-refractivity contribution in [2.75, 3.05) is 0 Å². The van der Waals surface area contributed by atoms with Crippen LogP contribution < -0.4 is 0 Å². The molecule has 0 aromatic rings. The first-order valence-electron chi connectivity index (χ1n) is 2.83. The second-order valence-electron chi connectivity index (χ2n) is 2.25. The highest BCUT2D eigenvalue weighted by molar-refractivity contribution is 6.48. The molecule has 0 saturated carbocycles. The molecule has 0 aromatic carbocycles. The third-order valence-electron chi connectivity index (χ3n) is 1.33. The van der Waals surface area contributed by atoms with Gasteiger partial charge in [0.25, 0.3) is 0 Å². The predicted octanol–water partition coefficient (Wildman–Crippen LogP) is 2.92. The topological polar surface area (TPSA) is 0 Å². The fourth-order valence-electron chi connectivity index (χ4n) is 0.770. The van der Waals surface area contributed by atoms with Gasteiger partial charge in [0.15, 0.2) is 0 Å².